The number of amides is 3. The van der Waals surface area contributed by atoms with Gasteiger partial charge in [0.05, 0.1) is 6.04 Å². The molecule has 0 rings (SSSR count). The lowest BCUT2D eigenvalue weighted by atomic mass is 10.1. The van der Waals surface area contributed by atoms with E-state index in [0.717, 1.165) is 0 Å². The lowest BCUT2D eigenvalue weighted by Gasteiger charge is -2.23. The number of nitrogens with two attached hydrogens (primary N) is 3. The Hall–Kier alpha value is -3.07. The standard InChI is InChI=1S/C16H29N7O7S/c17-8(7-31)13(28)22-9(2-1-5-20-16(18)19)15(30)23-10(3-4-11(24)25)14(29)21-6-12(26)27/h8-10,31H,1-7,17H2,(H,21,29)(H,22,28)(H,23,30)(H,24,25)(H,26,27)(H4,18,19,20). The first-order valence-corrected chi connectivity index (χ1v) is 9.85. The van der Waals surface area contributed by atoms with E-state index in [0.29, 0.717) is 0 Å². The zero-order valence-corrected chi connectivity index (χ0v) is 17.6. The summed E-state index contributed by atoms with van der Waals surface area (Å²) < 4.78 is 0. The summed E-state index contributed by atoms with van der Waals surface area (Å²) in [4.78, 5) is 62.2. The van der Waals surface area contributed by atoms with Gasteiger partial charge in [-0.3, -0.25) is 29.0 Å². The van der Waals surface area contributed by atoms with E-state index in [-0.39, 0.29) is 37.5 Å². The first-order valence-electron chi connectivity index (χ1n) is 9.21. The molecule has 0 aromatic heterocycles. The Morgan fingerprint density at radius 3 is 2.00 bits per heavy atom. The van der Waals surface area contributed by atoms with Crippen molar-refractivity contribution in [2.75, 3.05) is 18.8 Å². The maximum absolute atomic E-state index is 12.7. The molecule has 0 saturated carbocycles. The van der Waals surface area contributed by atoms with Gasteiger partial charge in [-0.2, -0.15) is 12.6 Å². The van der Waals surface area contributed by atoms with E-state index in [4.69, 9.17) is 27.4 Å². The highest BCUT2D eigenvalue weighted by Crippen LogP contribution is 2.04. The second-order valence-corrected chi connectivity index (χ2v) is 6.77. The number of nitrogens with zero attached hydrogens (tertiary/aromatic N) is 1. The molecule has 15 heteroatoms. The molecule has 0 aromatic carbocycles. The molecule has 11 N–H and O–H groups in total. The van der Waals surface area contributed by atoms with Gasteiger partial charge in [-0.25, -0.2) is 0 Å². The van der Waals surface area contributed by atoms with Crippen LogP contribution in [0.5, 0.6) is 0 Å². The van der Waals surface area contributed by atoms with Crippen molar-refractivity contribution < 1.29 is 34.2 Å². The van der Waals surface area contributed by atoms with Crippen molar-refractivity contribution in [1.82, 2.24) is 16.0 Å². The van der Waals surface area contributed by atoms with Crippen LogP contribution >= 0.6 is 12.6 Å². The number of thiol groups is 1. The number of carboxylic acid groups (broad SMARTS) is 2. The third-order valence-corrected chi connectivity index (χ3v) is 4.20. The molecule has 0 spiro atoms. The van der Waals surface area contributed by atoms with Crippen LogP contribution in [0.4, 0.5) is 0 Å². The Morgan fingerprint density at radius 2 is 1.48 bits per heavy atom. The molecule has 0 aliphatic carbocycles. The van der Waals surface area contributed by atoms with Crippen molar-refractivity contribution in [3.63, 3.8) is 0 Å². The number of guanidine groups is 1. The van der Waals surface area contributed by atoms with Gasteiger partial charge < -0.3 is 43.4 Å². The van der Waals surface area contributed by atoms with Crippen LogP contribution in [0.3, 0.4) is 0 Å². The molecular weight excluding hydrogens is 434 g/mol. The summed E-state index contributed by atoms with van der Waals surface area (Å²) in [5, 5.41) is 24.4. The van der Waals surface area contributed by atoms with Crippen molar-refractivity contribution >= 4 is 48.2 Å². The molecule has 3 atom stereocenters. The van der Waals surface area contributed by atoms with E-state index < -0.39 is 60.8 Å². The highest BCUT2D eigenvalue weighted by Gasteiger charge is 2.28. The summed E-state index contributed by atoms with van der Waals surface area (Å²) >= 11 is 3.92. The molecule has 3 unspecified atom stereocenters. The van der Waals surface area contributed by atoms with Gasteiger partial charge in [-0.1, -0.05) is 0 Å². The molecule has 14 nitrogen and oxygen atoms in total. The van der Waals surface area contributed by atoms with Gasteiger partial charge in [-0.15, -0.1) is 0 Å². The Bertz CT molecular complexity index is 685. The number of nitrogens with one attached hydrogen (secondary N) is 3. The Labute approximate surface area is 183 Å². The molecule has 0 aromatic rings. The molecule has 0 radical (unpaired) electrons. The van der Waals surface area contributed by atoms with Crippen LogP contribution in [0.15, 0.2) is 4.99 Å². The molecule has 0 aliphatic heterocycles. The normalized spacial score (nSPS) is 13.2. The summed E-state index contributed by atoms with van der Waals surface area (Å²) in [5.41, 5.74) is 16.1. The fourth-order valence-electron chi connectivity index (χ4n) is 2.23. The van der Waals surface area contributed by atoms with E-state index >= 15 is 0 Å². The van der Waals surface area contributed by atoms with E-state index in [1.54, 1.807) is 0 Å². The molecule has 3 amide bonds. The predicted molar refractivity (Wildman–Crippen MR) is 113 cm³/mol. The van der Waals surface area contributed by atoms with Gasteiger partial charge in [0, 0.05) is 18.7 Å². The predicted octanol–water partition coefficient (Wildman–Crippen LogP) is -3.67. The van der Waals surface area contributed by atoms with E-state index in [1.165, 1.54) is 0 Å². The zero-order chi connectivity index (χ0) is 24.0. The third kappa shape index (κ3) is 13.0. The number of hydrogen-bond acceptors (Lipinski definition) is 8. The molecule has 0 bridgehead atoms. The van der Waals surface area contributed by atoms with Crippen molar-refractivity contribution in [2.45, 2.75) is 43.8 Å². The van der Waals surface area contributed by atoms with Crippen LogP contribution in [-0.2, 0) is 24.0 Å². The molecule has 0 aliphatic rings. The second kappa shape index (κ2) is 14.8. The fourth-order valence-corrected chi connectivity index (χ4v) is 2.39. The minimum atomic E-state index is -1.33. The molecule has 0 saturated heterocycles. The van der Waals surface area contributed by atoms with Crippen LogP contribution in [0.25, 0.3) is 0 Å². The SMILES string of the molecule is NC(N)=NCCCC(NC(=O)C(N)CS)C(=O)NC(CCC(=O)O)C(=O)NCC(=O)O. The van der Waals surface area contributed by atoms with Gasteiger partial charge in [0.1, 0.15) is 18.6 Å². The quantitative estimate of drug-likeness (QED) is 0.0497. The summed E-state index contributed by atoms with van der Waals surface area (Å²) in [5.74, 6) is -4.98. The average Bonchev–Trinajstić information content (AvgIpc) is 2.69. The number of carbonyl (C=O) groups is 5. The highest BCUT2D eigenvalue weighted by molar-refractivity contribution is 7.80. The molecule has 176 valence electrons. The van der Waals surface area contributed by atoms with Crippen LogP contribution in [0, 0.1) is 0 Å². The van der Waals surface area contributed by atoms with Crippen LogP contribution in [0.2, 0.25) is 0 Å². The maximum Gasteiger partial charge on any atom is 0.322 e. The smallest absolute Gasteiger partial charge is 0.322 e. The monoisotopic (exact) mass is 463 g/mol. The Morgan fingerprint density at radius 1 is 0.903 bits per heavy atom. The van der Waals surface area contributed by atoms with Crippen LogP contribution in [0.1, 0.15) is 25.7 Å². The summed E-state index contributed by atoms with van der Waals surface area (Å²) in [6.07, 6.45) is -0.387. The lowest BCUT2D eigenvalue weighted by molar-refractivity contribution is -0.140. The van der Waals surface area contributed by atoms with Crippen LogP contribution < -0.4 is 33.2 Å². The number of carboxylic acids is 2. The molecular formula is C16H29N7O7S. The maximum atomic E-state index is 12.7. The van der Waals surface area contributed by atoms with Gasteiger partial charge in [-0.05, 0) is 19.3 Å². The lowest BCUT2D eigenvalue weighted by Crippen LogP contribution is -2.56. The highest BCUT2D eigenvalue weighted by atomic mass is 32.1. The average molecular weight is 464 g/mol. The van der Waals surface area contributed by atoms with Crippen molar-refractivity contribution in [3.05, 3.63) is 0 Å². The minimum absolute atomic E-state index is 0.0208. The molecule has 0 heterocycles. The fraction of sp³-hybridized carbons (Fsp3) is 0.625. The van der Waals surface area contributed by atoms with Crippen molar-refractivity contribution in [3.8, 4) is 0 Å². The number of aliphatic carboxylic acids is 2. The summed E-state index contributed by atoms with van der Waals surface area (Å²) in [6.45, 7) is -0.546. The van der Waals surface area contributed by atoms with E-state index in [1.807, 2.05) is 0 Å². The first-order chi connectivity index (χ1) is 14.5. The number of carbonyl (C=O) groups excluding carboxylic acids is 3. The second-order valence-electron chi connectivity index (χ2n) is 6.40. The van der Waals surface area contributed by atoms with Gasteiger partial charge in [0.2, 0.25) is 17.7 Å². The van der Waals surface area contributed by atoms with E-state index in [9.17, 15) is 24.0 Å². The van der Waals surface area contributed by atoms with E-state index in [2.05, 4.69) is 33.6 Å². The number of hydrogen-bond donors (Lipinski definition) is 9. The zero-order valence-electron chi connectivity index (χ0n) is 16.7. The minimum Gasteiger partial charge on any atom is -0.481 e. The van der Waals surface area contributed by atoms with Crippen LogP contribution in [-0.4, -0.2) is 82.8 Å². The number of aliphatic imine (C=N–C) groups is 1. The summed E-state index contributed by atoms with van der Waals surface area (Å²) in [7, 11) is 0. The topological polar surface area (TPSA) is 252 Å². The largest absolute Gasteiger partial charge is 0.481 e. The molecule has 0 fully saturated rings. The van der Waals surface area contributed by atoms with Gasteiger partial charge in [0.25, 0.3) is 0 Å². The molecule has 31 heavy (non-hydrogen) atoms. The third-order valence-electron chi connectivity index (χ3n) is 3.81. The Kier molecular flexibility index (Phi) is 13.4. The first kappa shape index (κ1) is 27.9. The summed E-state index contributed by atoms with van der Waals surface area (Å²) in [6, 6.07) is -3.45. The number of rotatable bonds is 15. The van der Waals surface area contributed by atoms with Crippen molar-refractivity contribution in [1.29, 1.82) is 0 Å². The van der Waals surface area contributed by atoms with Gasteiger partial charge >= 0.3 is 11.9 Å². The Balaban J connectivity index is 5.32. The van der Waals surface area contributed by atoms with Crippen molar-refractivity contribution in [2.24, 2.45) is 22.2 Å². The van der Waals surface area contributed by atoms with Gasteiger partial charge in [0.15, 0.2) is 5.96 Å².